The molecule has 0 aliphatic carbocycles. The van der Waals surface area contributed by atoms with Crippen molar-refractivity contribution >= 4 is 15.9 Å². The van der Waals surface area contributed by atoms with Crippen LogP contribution in [0.15, 0.2) is 21.6 Å². The predicted octanol–water partition coefficient (Wildman–Crippen LogP) is 1.42. The summed E-state index contributed by atoms with van der Waals surface area (Å²) in [7, 11) is -3.71. The Labute approximate surface area is 142 Å². The monoisotopic (exact) mass is 356 g/mol. The highest BCUT2D eigenvalue weighted by atomic mass is 32.2. The number of ether oxygens (including phenoxy) is 1. The number of hydrogen-bond donors (Lipinski definition) is 0. The molecule has 3 heterocycles. The quantitative estimate of drug-likeness (QED) is 0.818. The maximum atomic E-state index is 12.6. The molecule has 3 rings (SSSR count). The lowest BCUT2D eigenvalue weighted by Crippen LogP contribution is -2.42. The van der Waals surface area contributed by atoms with E-state index in [4.69, 9.17) is 9.15 Å². The summed E-state index contributed by atoms with van der Waals surface area (Å²) in [4.78, 5) is 14.4. The zero-order chi connectivity index (χ0) is 17.3. The van der Waals surface area contributed by atoms with E-state index in [0.29, 0.717) is 51.2 Å². The number of piperidine rings is 1. The van der Waals surface area contributed by atoms with E-state index in [1.807, 2.05) is 0 Å². The van der Waals surface area contributed by atoms with Gasteiger partial charge >= 0.3 is 0 Å². The minimum Gasteiger partial charge on any atom is -0.438 e. The van der Waals surface area contributed by atoms with Gasteiger partial charge in [-0.25, -0.2) is 8.42 Å². The van der Waals surface area contributed by atoms with Crippen LogP contribution >= 0.6 is 0 Å². The second kappa shape index (κ2) is 6.85. The van der Waals surface area contributed by atoms with Gasteiger partial charge in [-0.3, -0.25) is 4.79 Å². The molecule has 1 aromatic rings. The van der Waals surface area contributed by atoms with E-state index >= 15 is 0 Å². The summed E-state index contributed by atoms with van der Waals surface area (Å²) < 4.78 is 37.0. The fourth-order valence-electron chi connectivity index (χ4n) is 3.47. The first-order chi connectivity index (χ1) is 11.4. The highest BCUT2D eigenvalue weighted by molar-refractivity contribution is 7.89. The molecule has 8 heteroatoms. The fourth-order valence-corrected chi connectivity index (χ4v) is 4.79. The van der Waals surface area contributed by atoms with Gasteiger partial charge in [0.1, 0.15) is 0 Å². The summed E-state index contributed by atoms with van der Waals surface area (Å²) in [6.45, 7) is 6.93. The van der Waals surface area contributed by atoms with Gasteiger partial charge in [-0.15, -0.1) is 0 Å². The molecule has 2 aliphatic heterocycles. The first-order valence-electron chi connectivity index (χ1n) is 8.35. The molecule has 2 saturated heterocycles. The van der Waals surface area contributed by atoms with E-state index in [0.717, 1.165) is 6.42 Å². The number of carbonyl (C=O) groups is 1. The molecule has 2 aliphatic rings. The highest BCUT2D eigenvalue weighted by Crippen LogP contribution is 2.25. The van der Waals surface area contributed by atoms with Crippen molar-refractivity contribution in [2.24, 2.45) is 11.8 Å². The van der Waals surface area contributed by atoms with Crippen LogP contribution in [-0.4, -0.2) is 62.9 Å². The third kappa shape index (κ3) is 3.50. The number of furan rings is 1. The molecule has 0 bridgehead atoms. The zero-order valence-electron chi connectivity index (χ0n) is 14.1. The van der Waals surface area contributed by atoms with Crippen molar-refractivity contribution < 1.29 is 22.4 Å². The summed E-state index contributed by atoms with van der Waals surface area (Å²) >= 11 is 0. The third-order valence-corrected chi connectivity index (χ3v) is 6.29. The van der Waals surface area contributed by atoms with Gasteiger partial charge in [0.25, 0.3) is 15.9 Å². The number of nitrogens with zero attached hydrogens (tertiary/aromatic N) is 2. The number of likely N-dealkylation sites (tertiary alicyclic amines) is 1. The molecule has 2 fully saturated rings. The number of morpholine rings is 1. The SMILES string of the molecule is CC1CC(C)CN(C(=O)c2ccc(S(=O)(=O)N3CCOCC3)o2)C1. The van der Waals surface area contributed by atoms with Crippen LogP contribution in [0.5, 0.6) is 0 Å². The minimum absolute atomic E-state index is 0.0862. The lowest BCUT2D eigenvalue weighted by Gasteiger charge is -2.34. The molecule has 1 aromatic heterocycles. The van der Waals surface area contributed by atoms with E-state index in [1.165, 1.54) is 16.4 Å². The summed E-state index contributed by atoms with van der Waals surface area (Å²) in [5.41, 5.74) is 0. The molecule has 0 radical (unpaired) electrons. The molecule has 134 valence electrons. The number of sulfonamides is 1. The van der Waals surface area contributed by atoms with Crippen LogP contribution in [0.25, 0.3) is 0 Å². The molecule has 7 nitrogen and oxygen atoms in total. The first kappa shape index (κ1) is 17.4. The maximum Gasteiger partial charge on any atom is 0.289 e. The van der Waals surface area contributed by atoms with Gasteiger partial charge in [0.05, 0.1) is 13.2 Å². The van der Waals surface area contributed by atoms with E-state index in [1.54, 1.807) is 4.90 Å². The van der Waals surface area contributed by atoms with E-state index in [-0.39, 0.29) is 16.8 Å². The van der Waals surface area contributed by atoms with Gasteiger partial charge in [-0.2, -0.15) is 4.31 Å². The van der Waals surface area contributed by atoms with Crippen LogP contribution < -0.4 is 0 Å². The number of rotatable bonds is 3. The van der Waals surface area contributed by atoms with Crippen molar-refractivity contribution in [3.8, 4) is 0 Å². The second-order valence-electron chi connectivity index (χ2n) is 6.79. The van der Waals surface area contributed by atoms with Crippen LogP contribution in [0.1, 0.15) is 30.8 Å². The Morgan fingerprint density at radius 1 is 1.12 bits per heavy atom. The topological polar surface area (TPSA) is 80.1 Å². The van der Waals surface area contributed by atoms with Gasteiger partial charge in [0.2, 0.25) is 5.09 Å². The van der Waals surface area contributed by atoms with Crippen LogP contribution in [-0.2, 0) is 14.8 Å². The van der Waals surface area contributed by atoms with E-state index in [9.17, 15) is 13.2 Å². The molecule has 1 amide bonds. The summed E-state index contributed by atoms with van der Waals surface area (Å²) in [6, 6.07) is 2.83. The predicted molar refractivity (Wildman–Crippen MR) is 87.1 cm³/mol. The van der Waals surface area contributed by atoms with Crippen molar-refractivity contribution in [1.82, 2.24) is 9.21 Å². The van der Waals surface area contributed by atoms with Gasteiger partial charge in [0.15, 0.2) is 5.76 Å². The largest absolute Gasteiger partial charge is 0.438 e. The molecular weight excluding hydrogens is 332 g/mol. The first-order valence-corrected chi connectivity index (χ1v) is 9.79. The highest BCUT2D eigenvalue weighted by Gasteiger charge is 2.32. The van der Waals surface area contributed by atoms with Gasteiger partial charge < -0.3 is 14.1 Å². The van der Waals surface area contributed by atoms with E-state index < -0.39 is 10.0 Å². The average Bonchev–Trinajstić information content (AvgIpc) is 3.05. The van der Waals surface area contributed by atoms with Crippen LogP contribution in [0.4, 0.5) is 0 Å². The Hall–Kier alpha value is -1.38. The van der Waals surface area contributed by atoms with Crippen molar-refractivity contribution in [3.05, 3.63) is 17.9 Å². The van der Waals surface area contributed by atoms with Crippen molar-refractivity contribution in [2.45, 2.75) is 25.4 Å². The molecule has 0 aromatic carbocycles. The van der Waals surface area contributed by atoms with Crippen LogP contribution in [0.2, 0.25) is 0 Å². The van der Waals surface area contributed by atoms with Crippen LogP contribution in [0, 0.1) is 11.8 Å². The molecule has 24 heavy (non-hydrogen) atoms. The standard InChI is InChI=1S/C16H24N2O5S/c1-12-9-13(2)11-17(10-12)16(19)14-3-4-15(23-14)24(20,21)18-5-7-22-8-6-18/h3-4,12-13H,5-11H2,1-2H3. The average molecular weight is 356 g/mol. The number of hydrogen-bond acceptors (Lipinski definition) is 5. The Balaban J connectivity index is 1.76. The molecule has 2 atom stereocenters. The molecule has 2 unspecified atom stereocenters. The Morgan fingerprint density at radius 3 is 2.38 bits per heavy atom. The normalized spacial score (nSPS) is 26.5. The lowest BCUT2D eigenvalue weighted by atomic mass is 9.92. The van der Waals surface area contributed by atoms with E-state index in [2.05, 4.69) is 13.8 Å². The Morgan fingerprint density at radius 2 is 1.75 bits per heavy atom. The number of carbonyl (C=O) groups excluding carboxylic acids is 1. The summed E-state index contributed by atoms with van der Waals surface area (Å²) in [5.74, 6) is 0.716. The third-order valence-electron chi connectivity index (χ3n) is 4.51. The Bertz CT molecular complexity index is 683. The van der Waals surface area contributed by atoms with Crippen molar-refractivity contribution in [2.75, 3.05) is 39.4 Å². The number of amides is 1. The molecule has 0 spiro atoms. The van der Waals surface area contributed by atoms with Crippen LogP contribution in [0.3, 0.4) is 0 Å². The van der Waals surface area contributed by atoms with Crippen molar-refractivity contribution in [3.63, 3.8) is 0 Å². The lowest BCUT2D eigenvalue weighted by molar-refractivity contribution is 0.0583. The molecule has 0 N–H and O–H groups in total. The zero-order valence-corrected chi connectivity index (χ0v) is 14.9. The summed E-state index contributed by atoms with van der Waals surface area (Å²) in [6.07, 6.45) is 1.10. The smallest absolute Gasteiger partial charge is 0.289 e. The van der Waals surface area contributed by atoms with Gasteiger partial charge in [0, 0.05) is 26.2 Å². The summed E-state index contributed by atoms with van der Waals surface area (Å²) in [5, 5.41) is -0.175. The molecule has 0 saturated carbocycles. The maximum absolute atomic E-state index is 12.6. The van der Waals surface area contributed by atoms with Gasteiger partial charge in [-0.05, 0) is 30.4 Å². The fraction of sp³-hybridized carbons (Fsp3) is 0.688. The van der Waals surface area contributed by atoms with Crippen molar-refractivity contribution in [1.29, 1.82) is 0 Å². The molecular formula is C16H24N2O5S. The second-order valence-corrected chi connectivity index (χ2v) is 8.66. The Kier molecular flexibility index (Phi) is 4.98. The minimum atomic E-state index is -3.71. The van der Waals surface area contributed by atoms with Gasteiger partial charge in [-0.1, -0.05) is 13.8 Å².